The van der Waals surface area contributed by atoms with Crippen LogP contribution in [0.1, 0.15) is 15.1 Å². The summed E-state index contributed by atoms with van der Waals surface area (Å²) in [4.78, 5) is 0. The molecule has 9 aromatic rings. The van der Waals surface area contributed by atoms with Gasteiger partial charge in [0.1, 0.15) is 11.2 Å². The fourth-order valence-corrected chi connectivity index (χ4v) is 6.39. The highest BCUT2D eigenvalue weighted by Gasteiger charge is 2.20. The number of rotatable bonds is 4. The van der Waals surface area contributed by atoms with Gasteiger partial charge in [-0.3, -0.25) is 0 Å². The van der Waals surface area contributed by atoms with Crippen LogP contribution < -0.4 is 0 Å². The SMILES string of the molecule is [2H]c1c([2H])c([2H])c(-c2c([2H])c([2H])c([2H])c3oc4c([2H])c(-c5c6ccccc6c(-c6ccccc6-c6ccccc6)c6ccccc56)c([2H])c([2H])c4c23)c([2H])c1[2H]. The Morgan fingerprint density at radius 2 is 1.00 bits per heavy atom. The maximum atomic E-state index is 9.68. The van der Waals surface area contributed by atoms with E-state index in [9.17, 15) is 4.11 Å². The third kappa shape index (κ3) is 4.09. The minimum absolute atomic E-state index is 0.102. The summed E-state index contributed by atoms with van der Waals surface area (Å²) in [5.74, 6) is 0. The van der Waals surface area contributed by atoms with Gasteiger partial charge in [0.05, 0.1) is 15.1 Å². The van der Waals surface area contributed by atoms with E-state index in [1.807, 2.05) is 78.9 Å². The van der Waals surface area contributed by atoms with Crippen LogP contribution in [-0.2, 0) is 0 Å². The van der Waals surface area contributed by atoms with Gasteiger partial charge in [0, 0.05) is 10.8 Å². The van der Waals surface area contributed by atoms with E-state index in [-0.39, 0.29) is 45.2 Å². The third-order valence-corrected chi connectivity index (χ3v) is 8.29. The Labute approximate surface area is 277 Å². The number of furan rings is 1. The molecule has 8 aromatic carbocycles. The summed E-state index contributed by atoms with van der Waals surface area (Å²) in [7, 11) is 0. The zero-order valence-corrected chi connectivity index (χ0v) is 23.7. The number of fused-ring (bicyclic) bond motifs is 5. The predicted molar refractivity (Wildman–Crippen MR) is 190 cm³/mol. The van der Waals surface area contributed by atoms with Crippen LogP contribution >= 0.6 is 0 Å². The van der Waals surface area contributed by atoms with Crippen molar-refractivity contribution in [1.29, 1.82) is 0 Å². The summed E-state index contributed by atoms with van der Waals surface area (Å²) >= 11 is 0. The zero-order valence-electron chi connectivity index (χ0n) is 34.7. The summed E-state index contributed by atoms with van der Waals surface area (Å²) in [5.41, 5.74) is 3.48. The topological polar surface area (TPSA) is 13.1 Å². The van der Waals surface area contributed by atoms with E-state index in [1.165, 1.54) is 0 Å². The van der Waals surface area contributed by atoms with Crippen LogP contribution in [0, 0.1) is 0 Å². The average Bonchev–Trinajstić information content (AvgIpc) is 3.63. The quantitative estimate of drug-likeness (QED) is 0.188. The van der Waals surface area contributed by atoms with Crippen LogP contribution in [0.5, 0.6) is 0 Å². The third-order valence-electron chi connectivity index (χ3n) is 8.29. The second-order valence-corrected chi connectivity index (χ2v) is 10.8. The van der Waals surface area contributed by atoms with Crippen LogP contribution in [0.2, 0.25) is 0 Å². The molecular formula is C44H28O. The second kappa shape index (κ2) is 10.4. The van der Waals surface area contributed by atoms with E-state index in [4.69, 9.17) is 15.4 Å². The maximum absolute atomic E-state index is 9.68. The van der Waals surface area contributed by atoms with Crippen molar-refractivity contribution in [3.8, 4) is 44.5 Å². The first-order chi connectivity index (χ1) is 26.9. The molecule has 0 unspecified atom stereocenters. The van der Waals surface area contributed by atoms with Crippen molar-refractivity contribution in [2.45, 2.75) is 0 Å². The molecule has 0 N–H and O–H groups in total. The van der Waals surface area contributed by atoms with Crippen molar-refractivity contribution in [2.75, 3.05) is 0 Å². The molecule has 0 radical (unpaired) electrons. The minimum Gasteiger partial charge on any atom is -0.456 e. The van der Waals surface area contributed by atoms with Crippen molar-refractivity contribution in [1.82, 2.24) is 0 Å². The Hall–Kier alpha value is -5.92. The molecule has 0 aliphatic carbocycles. The lowest BCUT2D eigenvalue weighted by molar-refractivity contribution is 0.669. The normalized spacial score (nSPS) is 15.0. The summed E-state index contributed by atoms with van der Waals surface area (Å²) in [6, 6.07) is 27.7. The first kappa shape index (κ1) is 16.8. The van der Waals surface area contributed by atoms with E-state index in [0.717, 1.165) is 43.8 Å². The van der Waals surface area contributed by atoms with Gasteiger partial charge in [0.15, 0.2) is 0 Å². The summed E-state index contributed by atoms with van der Waals surface area (Å²) in [5, 5.41) is 2.91. The van der Waals surface area contributed by atoms with Crippen LogP contribution in [-0.4, -0.2) is 0 Å². The lowest BCUT2D eigenvalue weighted by Crippen LogP contribution is -1.92. The van der Waals surface area contributed by atoms with E-state index in [0.29, 0.717) is 5.56 Å². The maximum Gasteiger partial charge on any atom is 0.136 e. The Morgan fingerprint density at radius 3 is 1.71 bits per heavy atom. The van der Waals surface area contributed by atoms with Crippen molar-refractivity contribution < 1.29 is 19.5 Å². The summed E-state index contributed by atoms with van der Waals surface area (Å²) < 4.78 is 103. The highest BCUT2D eigenvalue weighted by atomic mass is 16.3. The molecule has 1 aromatic heterocycles. The molecule has 45 heavy (non-hydrogen) atoms. The summed E-state index contributed by atoms with van der Waals surface area (Å²) in [6.45, 7) is 0. The van der Waals surface area contributed by atoms with Gasteiger partial charge in [-0.05, 0) is 84.2 Å². The molecule has 0 fully saturated rings. The first-order valence-electron chi connectivity index (χ1n) is 20.1. The van der Waals surface area contributed by atoms with Crippen molar-refractivity contribution >= 4 is 43.5 Å². The molecule has 0 amide bonds. The monoisotopic (exact) mass is 583 g/mol. The standard InChI is InChI=1S/C44H28O/c1-3-14-29(15-4-1)32-18-7-8-19-34(32)43-37-22-11-9-20-35(37)42(36-21-10-12-23-38(36)43)31-26-27-39-41(28-31)45-40-25-13-24-33(44(39)40)30-16-5-2-6-17-30/h1-28H/i2D,5D,6D,13D,16D,17D,24D,25D,26D,27D,28D. The number of benzene rings is 8. The fourth-order valence-electron chi connectivity index (χ4n) is 6.39. The predicted octanol–water partition coefficient (Wildman–Crippen LogP) is 12.6. The summed E-state index contributed by atoms with van der Waals surface area (Å²) in [6.07, 6.45) is 0. The van der Waals surface area contributed by atoms with Gasteiger partial charge in [0.25, 0.3) is 0 Å². The van der Waals surface area contributed by atoms with Gasteiger partial charge in [-0.15, -0.1) is 0 Å². The highest BCUT2D eigenvalue weighted by Crippen LogP contribution is 2.47. The van der Waals surface area contributed by atoms with Gasteiger partial charge in [-0.25, -0.2) is 0 Å². The highest BCUT2D eigenvalue weighted by molar-refractivity contribution is 6.23. The number of hydrogen-bond donors (Lipinski definition) is 0. The Balaban J connectivity index is 1.42. The average molecular weight is 584 g/mol. The molecule has 1 nitrogen and oxygen atoms in total. The lowest BCUT2D eigenvalue weighted by Gasteiger charge is -2.19. The molecule has 0 saturated carbocycles. The van der Waals surface area contributed by atoms with E-state index in [1.54, 1.807) is 0 Å². The number of hydrogen-bond acceptors (Lipinski definition) is 1. The molecule has 0 bridgehead atoms. The molecule has 1 heteroatoms. The molecular weight excluding hydrogens is 544 g/mol. The van der Waals surface area contributed by atoms with E-state index in [2.05, 4.69) is 24.3 Å². The molecule has 0 atom stereocenters. The molecule has 1 heterocycles. The Kier molecular flexibility index (Phi) is 3.87. The van der Waals surface area contributed by atoms with Gasteiger partial charge in [-0.1, -0.05) is 151 Å². The Morgan fingerprint density at radius 1 is 0.378 bits per heavy atom. The molecule has 0 spiro atoms. The van der Waals surface area contributed by atoms with Crippen LogP contribution in [0.3, 0.4) is 0 Å². The van der Waals surface area contributed by atoms with Gasteiger partial charge >= 0.3 is 0 Å². The Bertz CT molecular complexity index is 3070. The lowest BCUT2D eigenvalue weighted by atomic mass is 9.84. The molecule has 9 rings (SSSR count). The van der Waals surface area contributed by atoms with Crippen molar-refractivity contribution in [3.05, 3.63) is 170 Å². The second-order valence-electron chi connectivity index (χ2n) is 10.8. The van der Waals surface area contributed by atoms with Crippen LogP contribution in [0.25, 0.3) is 88.0 Å². The van der Waals surface area contributed by atoms with E-state index >= 15 is 0 Å². The molecule has 210 valence electrons. The largest absolute Gasteiger partial charge is 0.456 e. The molecule has 0 saturated heterocycles. The molecule has 0 aliphatic rings. The van der Waals surface area contributed by atoms with Gasteiger partial charge in [-0.2, -0.15) is 0 Å². The van der Waals surface area contributed by atoms with Crippen molar-refractivity contribution in [2.24, 2.45) is 0 Å². The smallest absolute Gasteiger partial charge is 0.136 e. The van der Waals surface area contributed by atoms with Crippen molar-refractivity contribution in [3.63, 3.8) is 0 Å². The molecule has 0 aliphatic heterocycles. The van der Waals surface area contributed by atoms with E-state index < -0.39 is 59.9 Å². The minimum atomic E-state index is -0.660. The first-order valence-corrected chi connectivity index (χ1v) is 14.6. The zero-order chi connectivity index (χ0) is 39.3. The van der Waals surface area contributed by atoms with Crippen LogP contribution in [0.15, 0.2) is 174 Å². The van der Waals surface area contributed by atoms with Gasteiger partial charge in [0.2, 0.25) is 0 Å². The van der Waals surface area contributed by atoms with Crippen LogP contribution in [0.4, 0.5) is 0 Å². The fraction of sp³-hybridized carbons (Fsp3) is 0. The van der Waals surface area contributed by atoms with Gasteiger partial charge < -0.3 is 4.42 Å².